The second-order valence-electron chi connectivity index (χ2n) is 7.05. The molecule has 0 amide bonds. The van der Waals surface area contributed by atoms with Crippen LogP contribution in [0.5, 0.6) is 11.5 Å². The number of anilines is 1. The number of aromatic nitrogens is 2. The van der Waals surface area contributed by atoms with Gasteiger partial charge in [0.05, 0.1) is 25.5 Å². The van der Waals surface area contributed by atoms with Gasteiger partial charge < -0.3 is 14.8 Å². The molecule has 1 aliphatic heterocycles. The molecule has 0 bridgehead atoms. The lowest BCUT2D eigenvalue weighted by Crippen LogP contribution is -2.14. The summed E-state index contributed by atoms with van der Waals surface area (Å²) in [5.41, 5.74) is 1.40. The Morgan fingerprint density at radius 3 is 2.57 bits per heavy atom. The largest absolute Gasteiger partial charge is 0.497 e. The Labute approximate surface area is 172 Å². The fourth-order valence-corrected chi connectivity index (χ4v) is 3.79. The van der Waals surface area contributed by atoms with Crippen LogP contribution >= 0.6 is 0 Å². The molecule has 1 aliphatic rings. The zero-order chi connectivity index (χ0) is 21.3. The number of methoxy groups -OCH3 is 2. The molecule has 3 aromatic rings. The quantitative estimate of drug-likeness (QED) is 0.624. The maximum atomic E-state index is 13.7. The van der Waals surface area contributed by atoms with Crippen molar-refractivity contribution in [1.82, 2.24) is 9.78 Å². The Morgan fingerprint density at radius 2 is 1.83 bits per heavy atom. The van der Waals surface area contributed by atoms with E-state index in [0.717, 1.165) is 24.5 Å². The summed E-state index contributed by atoms with van der Waals surface area (Å²) < 4.78 is 53.3. The SMILES string of the molecule is COc1ccc(OC)c(-c2nn(-c3ccccc3C(F)(F)F)c3c2CCCCN3)c1. The Balaban J connectivity index is 1.98. The first-order chi connectivity index (χ1) is 14.4. The number of hydrogen-bond acceptors (Lipinski definition) is 4. The van der Waals surface area contributed by atoms with Crippen molar-refractivity contribution >= 4 is 5.82 Å². The van der Waals surface area contributed by atoms with Crippen molar-refractivity contribution in [3.8, 4) is 28.4 Å². The highest BCUT2D eigenvalue weighted by Crippen LogP contribution is 2.41. The van der Waals surface area contributed by atoms with Crippen molar-refractivity contribution in [3.63, 3.8) is 0 Å². The van der Waals surface area contributed by atoms with Crippen molar-refractivity contribution in [2.75, 3.05) is 26.1 Å². The standard InChI is InChI=1S/C22H22F3N3O2/c1-29-14-10-11-19(30-2)16(13-14)20-15-7-5-6-12-26-21(15)28(27-20)18-9-4-3-8-17(18)22(23,24)25/h3-4,8-11,13,26H,5-7,12H2,1-2H3. The summed E-state index contributed by atoms with van der Waals surface area (Å²) in [6.07, 6.45) is -1.96. The molecule has 30 heavy (non-hydrogen) atoms. The molecule has 0 radical (unpaired) electrons. The van der Waals surface area contributed by atoms with Crippen LogP contribution in [0.1, 0.15) is 24.0 Å². The first-order valence-electron chi connectivity index (χ1n) is 9.69. The lowest BCUT2D eigenvalue weighted by molar-refractivity contribution is -0.137. The maximum Gasteiger partial charge on any atom is 0.418 e. The average Bonchev–Trinajstić information content (AvgIpc) is 2.92. The summed E-state index contributed by atoms with van der Waals surface area (Å²) in [5.74, 6) is 1.78. The van der Waals surface area contributed by atoms with Crippen LogP contribution in [0.25, 0.3) is 16.9 Å². The van der Waals surface area contributed by atoms with Crippen molar-refractivity contribution in [2.24, 2.45) is 0 Å². The third-order valence-corrected chi connectivity index (χ3v) is 5.23. The zero-order valence-corrected chi connectivity index (χ0v) is 16.7. The molecule has 1 aromatic heterocycles. The summed E-state index contributed by atoms with van der Waals surface area (Å²) >= 11 is 0. The topological polar surface area (TPSA) is 48.3 Å². The molecule has 0 aliphatic carbocycles. The number of benzene rings is 2. The van der Waals surface area contributed by atoms with Crippen molar-refractivity contribution in [3.05, 3.63) is 53.6 Å². The lowest BCUT2D eigenvalue weighted by Gasteiger charge is -2.15. The molecule has 0 atom stereocenters. The van der Waals surface area contributed by atoms with Crippen molar-refractivity contribution < 1.29 is 22.6 Å². The molecule has 0 spiro atoms. The minimum absolute atomic E-state index is 0.0104. The number of ether oxygens (including phenoxy) is 2. The van der Waals surface area contributed by atoms with Crippen molar-refractivity contribution in [1.29, 1.82) is 0 Å². The van der Waals surface area contributed by atoms with Gasteiger partial charge >= 0.3 is 6.18 Å². The highest BCUT2D eigenvalue weighted by atomic mass is 19.4. The predicted octanol–water partition coefficient (Wildman–Crippen LogP) is 5.32. The van der Waals surface area contributed by atoms with Gasteiger partial charge in [-0.05, 0) is 49.6 Å². The third kappa shape index (κ3) is 3.58. The summed E-state index contributed by atoms with van der Waals surface area (Å²) in [5, 5.41) is 7.94. The molecule has 0 saturated heterocycles. The molecule has 2 heterocycles. The number of halogens is 3. The molecule has 0 unspecified atom stereocenters. The number of para-hydroxylation sites is 1. The van der Waals surface area contributed by atoms with Gasteiger partial charge in [-0.1, -0.05) is 12.1 Å². The number of alkyl halides is 3. The van der Waals surface area contributed by atoms with Gasteiger partial charge in [-0.25, -0.2) is 4.68 Å². The summed E-state index contributed by atoms with van der Waals surface area (Å²) in [4.78, 5) is 0. The maximum absolute atomic E-state index is 13.7. The number of rotatable bonds is 4. The van der Waals surface area contributed by atoms with Gasteiger partial charge in [0.25, 0.3) is 0 Å². The Bertz CT molecular complexity index is 1060. The van der Waals surface area contributed by atoms with Gasteiger partial charge in [0.1, 0.15) is 23.0 Å². The minimum atomic E-state index is -4.49. The van der Waals surface area contributed by atoms with Gasteiger partial charge in [0.15, 0.2) is 0 Å². The molecule has 1 N–H and O–H groups in total. The Morgan fingerprint density at radius 1 is 1.03 bits per heavy atom. The molecular formula is C22H22F3N3O2. The van der Waals surface area contributed by atoms with Gasteiger partial charge in [0.2, 0.25) is 0 Å². The third-order valence-electron chi connectivity index (χ3n) is 5.23. The molecule has 0 saturated carbocycles. The van der Waals surface area contributed by atoms with Crippen LogP contribution in [-0.2, 0) is 12.6 Å². The molecule has 0 fully saturated rings. The van der Waals surface area contributed by atoms with E-state index in [9.17, 15) is 13.2 Å². The second-order valence-corrected chi connectivity index (χ2v) is 7.05. The van der Waals surface area contributed by atoms with Crippen LogP contribution in [0, 0.1) is 0 Å². The minimum Gasteiger partial charge on any atom is -0.497 e. The smallest absolute Gasteiger partial charge is 0.418 e. The highest BCUT2D eigenvalue weighted by Gasteiger charge is 2.35. The molecule has 5 nitrogen and oxygen atoms in total. The number of nitrogens with zero attached hydrogens (tertiary/aromatic N) is 2. The summed E-state index contributed by atoms with van der Waals surface area (Å²) in [6, 6.07) is 10.8. The van der Waals surface area contributed by atoms with Gasteiger partial charge in [-0.15, -0.1) is 0 Å². The van der Waals surface area contributed by atoms with E-state index in [1.807, 2.05) is 0 Å². The van der Waals surface area contributed by atoms with Crippen LogP contribution < -0.4 is 14.8 Å². The first-order valence-corrected chi connectivity index (χ1v) is 9.69. The fraction of sp³-hybridized carbons (Fsp3) is 0.318. The average molecular weight is 417 g/mol. The normalized spacial score (nSPS) is 13.9. The molecule has 2 aromatic carbocycles. The number of nitrogens with one attached hydrogen (secondary N) is 1. The monoisotopic (exact) mass is 417 g/mol. The van der Waals surface area contributed by atoms with E-state index >= 15 is 0 Å². The molecule has 8 heteroatoms. The van der Waals surface area contributed by atoms with E-state index in [4.69, 9.17) is 9.47 Å². The predicted molar refractivity (Wildman–Crippen MR) is 109 cm³/mol. The van der Waals surface area contributed by atoms with E-state index < -0.39 is 11.7 Å². The van der Waals surface area contributed by atoms with Gasteiger partial charge in [-0.3, -0.25) is 0 Å². The van der Waals surface area contributed by atoms with E-state index in [-0.39, 0.29) is 5.69 Å². The highest BCUT2D eigenvalue weighted by molar-refractivity contribution is 5.77. The molecule has 158 valence electrons. The van der Waals surface area contributed by atoms with Gasteiger partial charge in [-0.2, -0.15) is 18.3 Å². The van der Waals surface area contributed by atoms with Crippen LogP contribution in [0.15, 0.2) is 42.5 Å². The Hall–Kier alpha value is -3.16. The number of fused-ring (bicyclic) bond motifs is 1. The summed E-state index contributed by atoms with van der Waals surface area (Å²) in [6.45, 7) is 0.668. The van der Waals surface area contributed by atoms with Crippen LogP contribution in [0.2, 0.25) is 0 Å². The summed E-state index contributed by atoms with van der Waals surface area (Å²) in [7, 11) is 3.12. The van der Waals surface area contributed by atoms with Crippen molar-refractivity contribution in [2.45, 2.75) is 25.4 Å². The first kappa shape index (κ1) is 20.1. The Kier molecular flexibility index (Phi) is 5.32. The number of hydrogen-bond donors (Lipinski definition) is 1. The van der Waals surface area contributed by atoms with Crippen LogP contribution in [-0.4, -0.2) is 30.5 Å². The molecular weight excluding hydrogens is 395 g/mol. The van der Waals surface area contributed by atoms with E-state index in [1.54, 1.807) is 38.5 Å². The lowest BCUT2D eigenvalue weighted by atomic mass is 10.0. The fourth-order valence-electron chi connectivity index (χ4n) is 3.79. The zero-order valence-electron chi connectivity index (χ0n) is 16.7. The van der Waals surface area contributed by atoms with E-state index in [1.165, 1.54) is 16.8 Å². The van der Waals surface area contributed by atoms with Crippen LogP contribution in [0.3, 0.4) is 0 Å². The van der Waals surface area contributed by atoms with Gasteiger partial charge in [0, 0.05) is 17.7 Å². The second kappa shape index (κ2) is 7.93. The molecule has 4 rings (SSSR count). The van der Waals surface area contributed by atoms with Crippen LogP contribution in [0.4, 0.5) is 19.0 Å². The van der Waals surface area contributed by atoms with E-state index in [0.29, 0.717) is 41.5 Å². The van der Waals surface area contributed by atoms with E-state index in [2.05, 4.69) is 10.4 Å².